The van der Waals surface area contributed by atoms with Crippen molar-refractivity contribution in [3.63, 3.8) is 0 Å². The molecule has 2 rings (SSSR count). The average Bonchev–Trinajstić information content (AvgIpc) is 2.71. The first-order valence-electron chi connectivity index (χ1n) is 8.12. The summed E-state index contributed by atoms with van der Waals surface area (Å²) in [5, 5.41) is 3.77. The van der Waals surface area contributed by atoms with E-state index in [0.29, 0.717) is 12.1 Å². The van der Waals surface area contributed by atoms with Gasteiger partial charge in [0.25, 0.3) is 0 Å². The molecule has 0 saturated heterocycles. The maximum Gasteiger partial charge on any atom is 0.122 e. The monoisotopic (exact) mass is 278 g/mol. The maximum absolute atomic E-state index is 4.46. The van der Waals surface area contributed by atoms with Gasteiger partial charge in [0.05, 0.1) is 6.54 Å². The van der Waals surface area contributed by atoms with Crippen LogP contribution in [0.4, 0.5) is 0 Å². The first kappa shape index (κ1) is 15.5. The van der Waals surface area contributed by atoms with E-state index >= 15 is 0 Å². The second-order valence-corrected chi connectivity index (χ2v) is 6.14. The molecule has 1 N–H and O–H groups in total. The van der Waals surface area contributed by atoms with E-state index < -0.39 is 0 Å². The number of nitrogens with zero attached hydrogens (tertiary/aromatic N) is 3. The summed E-state index contributed by atoms with van der Waals surface area (Å²) in [6.07, 6.45) is 11.9. The zero-order valence-electron chi connectivity index (χ0n) is 13.3. The van der Waals surface area contributed by atoms with Crippen LogP contribution in [0.1, 0.15) is 51.3 Å². The molecule has 114 valence electrons. The molecule has 20 heavy (non-hydrogen) atoms. The van der Waals surface area contributed by atoms with Crippen molar-refractivity contribution < 1.29 is 0 Å². The SMILES string of the molecule is CCCNC1CCCCCC1N(C)Cc1nccn1C. The van der Waals surface area contributed by atoms with Crippen LogP contribution in [0.15, 0.2) is 12.4 Å². The number of aromatic nitrogens is 2. The second kappa shape index (κ2) is 7.79. The quantitative estimate of drug-likeness (QED) is 0.812. The largest absolute Gasteiger partial charge is 0.337 e. The van der Waals surface area contributed by atoms with Crippen molar-refractivity contribution in [2.24, 2.45) is 7.05 Å². The van der Waals surface area contributed by atoms with E-state index in [1.54, 1.807) is 0 Å². The van der Waals surface area contributed by atoms with Gasteiger partial charge >= 0.3 is 0 Å². The van der Waals surface area contributed by atoms with Gasteiger partial charge in [-0.3, -0.25) is 4.90 Å². The Morgan fingerprint density at radius 2 is 2.15 bits per heavy atom. The molecular weight excluding hydrogens is 248 g/mol. The minimum absolute atomic E-state index is 0.640. The van der Waals surface area contributed by atoms with Gasteiger partial charge in [0, 0.05) is 31.5 Å². The molecule has 0 radical (unpaired) electrons. The Balaban J connectivity index is 1.99. The molecule has 0 bridgehead atoms. The molecule has 0 amide bonds. The van der Waals surface area contributed by atoms with Crippen LogP contribution in [0.25, 0.3) is 0 Å². The van der Waals surface area contributed by atoms with Crippen LogP contribution in [0.3, 0.4) is 0 Å². The lowest BCUT2D eigenvalue weighted by atomic mass is 10.0. The number of likely N-dealkylation sites (N-methyl/N-ethyl adjacent to an activating group) is 1. The highest BCUT2D eigenvalue weighted by Crippen LogP contribution is 2.23. The van der Waals surface area contributed by atoms with Crippen LogP contribution in [-0.2, 0) is 13.6 Å². The third-order valence-corrected chi connectivity index (χ3v) is 4.51. The lowest BCUT2D eigenvalue weighted by molar-refractivity contribution is 0.170. The summed E-state index contributed by atoms with van der Waals surface area (Å²) in [6, 6.07) is 1.28. The van der Waals surface area contributed by atoms with Crippen LogP contribution in [0.5, 0.6) is 0 Å². The Hall–Kier alpha value is -0.870. The molecule has 0 spiro atoms. The molecule has 1 fully saturated rings. The number of hydrogen-bond acceptors (Lipinski definition) is 3. The average molecular weight is 278 g/mol. The van der Waals surface area contributed by atoms with Crippen molar-refractivity contribution in [3.05, 3.63) is 18.2 Å². The summed E-state index contributed by atoms with van der Waals surface area (Å²) < 4.78 is 2.13. The molecule has 1 aliphatic rings. The predicted molar refractivity (Wildman–Crippen MR) is 83.6 cm³/mol. The molecule has 0 aromatic carbocycles. The van der Waals surface area contributed by atoms with E-state index in [1.807, 2.05) is 12.4 Å². The van der Waals surface area contributed by atoms with E-state index in [-0.39, 0.29) is 0 Å². The normalized spacial score (nSPS) is 24.0. The van der Waals surface area contributed by atoms with Crippen molar-refractivity contribution in [2.45, 2.75) is 64.1 Å². The Morgan fingerprint density at radius 1 is 1.35 bits per heavy atom. The molecule has 4 heteroatoms. The molecule has 2 atom stereocenters. The zero-order valence-corrected chi connectivity index (χ0v) is 13.3. The lowest BCUT2D eigenvalue weighted by Crippen LogP contribution is -2.48. The van der Waals surface area contributed by atoms with Crippen molar-refractivity contribution in [1.29, 1.82) is 0 Å². The molecule has 1 aliphatic carbocycles. The molecule has 4 nitrogen and oxygen atoms in total. The number of rotatable bonds is 6. The van der Waals surface area contributed by atoms with Crippen molar-refractivity contribution >= 4 is 0 Å². The molecule has 0 aliphatic heterocycles. The predicted octanol–water partition coefficient (Wildman–Crippen LogP) is 2.55. The summed E-state index contributed by atoms with van der Waals surface area (Å²) in [7, 11) is 4.33. The molecule has 1 saturated carbocycles. The van der Waals surface area contributed by atoms with Gasteiger partial charge in [-0.2, -0.15) is 0 Å². The van der Waals surface area contributed by atoms with Gasteiger partial charge in [-0.05, 0) is 32.9 Å². The fourth-order valence-corrected chi connectivity index (χ4v) is 3.27. The van der Waals surface area contributed by atoms with Gasteiger partial charge in [-0.25, -0.2) is 4.98 Å². The van der Waals surface area contributed by atoms with Gasteiger partial charge in [0.1, 0.15) is 5.82 Å². The maximum atomic E-state index is 4.46. The van der Waals surface area contributed by atoms with E-state index in [4.69, 9.17) is 0 Å². The zero-order chi connectivity index (χ0) is 14.4. The third kappa shape index (κ3) is 4.06. The Bertz CT molecular complexity index is 388. The van der Waals surface area contributed by atoms with E-state index in [1.165, 1.54) is 38.5 Å². The van der Waals surface area contributed by atoms with Gasteiger partial charge < -0.3 is 9.88 Å². The first-order chi connectivity index (χ1) is 9.72. The summed E-state index contributed by atoms with van der Waals surface area (Å²) in [4.78, 5) is 6.96. The van der Waals surface area contributed by atoms with Crippen molar-refractivity contribution in [1.82, 2.24) is 19.8 Å². The first-order valence-corrected chi connectivity index (χ1v) is 8.12. The van der Waals surface area contributed by atoms with Crippen molar-refractivity contribution in [3.8, 4) is 0 Å². The number of aryl methyl sites for hydroxylation is 1. The number of nitrogens with one attached hydrogen (secondary N) is 1. The van der Waals surface area contributed by atoms with Gasteiger partial charge in [0.15, 0.2) is 0 Å². The summed E-state index contributed by atoms with van der Waals surface area (Å²) in [5.41, 5.74) is 0. The Labute approximate surface area is 123 Å². The Kier molecular flexibility index (Phi) is 6.05. The smallest absolute Gasteiger partial charge is 0.122 e. The molecule has 1 aromatic rings. The second-order valence-electron chi connectivity index (χ2n) is 6.14. The minimum atomic E-state index is 0.640. The van der Waals surface area contributed by atoms with Gasteiger partial charge in [0.2, 0.25) is 0 Å². The van der Waals surface area contributed by atoms with Crippen molar-refractivity contribution in [2.75, 3.05) is 13.6 Å². The Morgan fingerprint density at radius 3 is 2.85 bits per heavy atom. The van der Waals surface area contributed by atoms with E-state index in [9.17, 15) is 0 Å². The molecule has 1 heterocycles. The van der Waals surface area contributed by atoms with Gasteiger partial charge in [-0.15, -0.1) is 0 Å². The van der Waals surface area contributed by atoms with Gasteiger partial charge in [-0.1, -0.05) is 26.2 Å². The molecule has 2 unspecified atom stereocenters. The van der Waals surface area contributed by atoms with Crippen LogP contribution in [-0.4, -0.2) is 40.1 Å². The topological polar surface area (TPSA) is 33.1 Å². The fraction of sp³-hybridized carbons (Fsp3) is 0.812. The minimum Gasteiger partial charge on any atom is -0.337 e. The van der Waals surface area contributed by atoms with Crippen LogP contribution >= 0.6 is 0 Å². The summed E-state index contributed by atoms with van der Waals surface area (Å²) >= 11 is 0. The summed E-state index contributed by atoms with van der Waals surface area (Å²) in [6.45, 7) is 4.33. The molecular formula is C16H30N4. The van der Waals surface area contributed by atoms with Crippen LogP contribution < -0.4 is 5.32 Å². The summed E-state index contributed by atoms with van der Waals surface area (Å²) in [5.74, 6) is 1.16. The fourth-order valence-electron chi connectivity index (χ4n) is 3.27. The number of hydrogen-bond donors (Lipinski definition) is 1. The van der Waals surface area contributed by atoms with Crippen LogP contribution in [0.2, 0.25) is 0 Å². The van der Waals surface area contributed by atoms with Crippen LogP contribution in [0, 0.1) is 0 Å². The highest BCUT2D eigenvalue weighted by molar-refractivity contribution is 4.93. The van der Waals surface area contributed by atoms with E-state index in [2.05, 4.69) is 40.8 Å². The number of imidazole rings is 1. The highest BCUT2D eigenvalue weighted by atomic mass is 15.2. The highest BCUT2D eigenvalue weighted by Gasteiger charge is 2.26. The molecule has 1 aromatic heterocycles. The lowest BCUT2D eigenvalue weighted by Gasteiger charge is -2.34. The third-order valence-electron chi connectivity index (χ3n) is 4.51. The van der Waals surface area contributed by atoms with E-state index in [0.717, 1.165) is 18.9 Å². The standard InChI is InChI=1S/C16H30N4/c1-4-10-17-14-8-6-5-7-9-15(14)20(3)13-16-18-11-12-19(16)2/h11-12,14-15,17H,4-10,13H2,1-3H3.